The maximum absolute atomic E-state index is 12.1. The Kier molecular flexibility index (Phi) is 6.78. The number of nitrogens with one attached hydrogen (secondary N) is 1. The van der Waals surface area contributed by atoms with Crippen LogP contribution in [-0.4, -0.2) is 48.2 Å². The topological polar surface area (TPSA) is 109 Å². The van der Waals surface area contributed by atoms with Crippen molar-refractivity contribution in [1.82, 2.24) is 15.2 Å². The van der Waals surface area contributed by atoms with Crippen LogP contribution in [0.2, 0.25) is 5.15 Å². The highest BCUT2D eigenvalue weighted by Gasteiger charge is 2.18. The van der Waals surface area contributed by atoms with Crippen molar-refractivity contribution in [1.29, 1.82) is 0 Å². The van der Waals surface area contributed by atoms with E-state index in [-0.39, 0.29) is 27.9 Å². The second kappa shape index (κ2) is 9.48. The third-order valence-corrected chi connectivity index (χ3v) is 4.80. The van der Waals surface area contributed by atoms with Crippen molar-refractivity contribution < 1.29 is 23.4 Å². The van der Waals surface area contributed by atoms with Crippen molar-refractivity contribution in [3.8, 4) is 28.7 Å². The van der Waals surface area contributed by atoms with Crippen LogP contribution in [0.25, 0.3) is 11.5 Å². The zero-order valence-corrected chi connectivity index (χ0v) is 17.3. The Hall–Kier alpha value is -2.98. The Labute approximate surface area is 175 Å². The van der Waals surface area contributed by atoms with Crippen LogP contribution in [0.15, 0.2) is 40.1 Å². The van der Waals surface area contributed by atoms with E-state index in [0.29, 0.717) is 28.5 Å². The molecule has 1 N–H and O–H groups in total. The van der Waals surface area contributed by atoms with Gasteiger partial charge in [-0.25, -0.2) is 4.98 Å². The highest BCUT2D eigenvalue weighted by Crippen LogP contribution is 2.41. The average molecular weight is 437 g/mol. The Morgan fingerprint density at radius 3 is 2.52 bits per heavy atom. The standard InChI is InChI=1S/C18H17ClN4O5S/c1-25-12-7-10(8-13(26-2)15(12)27-3)17-22-23-18(28-17)29-9-14(24)21-11-5-4-6-20-16(11)19/h4-8H,9H2,1-3H3,(H,21,24). The third kappa shape index (κ3) is 4.90. The summed E-state index contributed by atoms with van der Waals surface area (Å²) in [6, 6.07) is 6.73. The number of methoxy groups -OCH3 is 3. The monoisotopic (exact) mass is 436 g/mol. The highest BCUT2D eigenvalue weighted by atomic mass is 35.5. The van der Waals surface area contributed by atoms with Crippen molar-refractivity contribution in [2.24, 2.45) is 0 Å². The molecule has 0 unspecified atom stereocenters. The molecule has 9 nitrogen and oxygen atoms in total. The largest absolute Gasteiger partial charge is 0.493 e. The van der Waals surface area contributed by atoms with Gasteiger partial charge < -0.3 is 23.9 Å². The van der Waals surface area contributed by atoms with Crippen LogP contribution in [0.4, 0.5) is 5.69 Å². The number of hydrogen-bond acceptors (Lipinski definition) is 9. The number of aromatic nitrogens is 3. The molecule has 152 valence electrons. The normalized spacial score (nSPS) is 10.5. The first-order valence-electron chi connectivity index (χ1n) is 8.22. The summed E-state index contributed by atoms with van der Waals surface area (Å²) >= 11 is 7.02. The van der Waals surface area contributed by atoms with Gasteiger partial charge in [-0.05, 0) is 24.3 Å². The van der Waals surface area contributed by atoms with Crippen LogP contribution in [0, 0.1) is 0 Å². The lowest BCUT2D eigenvalue weighted by molar-refractivity contribution is -0.113. The summed E-state index contributed by atoms with van der Waals surface area (Å²) in [6.07, 6.45) is 1.54. The fraction of sp³-hybridized carbons (Fsp3) is 0.222. The van der Waals surface area contributed by atoms with E-state index in [1.54, 1.807) is 24.3 Å². The van der Waals surface area contributed by atoms with Crippen molar-refractivity contribution in [3.63, 3.8) is 0 Å². The van der Waals surface area contributed by atoms with Crippen molar-refractivity contribution in [2.45, 2.75) is 5.22 Å². The van der Waals surface area contributed by atoms with Gasteiger partial charge in [0.25, 0.3) is 5.22 Å². The van der Waals surface area contributed by atoms with E-state index in [9.17, 15) is 4.79 Å². The van der Waals surface area contributed by atoms with Gasteiger partial charge in [-0.3, -0.25) is 4.79 Å². The minimum Gasteiger partial charge on any atom is -0.493 e. The Balaban J connectivity index is 1.69. The van der Waals surface area contributed by atoms with Crippen molar-refractivity contribution in [2.75, 3.05) is 32.4 Å². The molecule has 0 aliphatic heterocycles. The van der Waals surface area contributed by atoms with E-state index in [2.05, 4.69) is 20.5 Å². The summed E-state index contributed by atoms with van der Waals surface area (Å²) in [5.74, 6) is 1.41. The molecular weight excluding hydrogens is 420 g/mol. The number of pyridine rings is 1. The SMILES string of the molecule is COc1cc(-c2nnc(SCC(=O)Nc3cccnc3Cl)o2)cc(OC)c1OC. The van der Waals surface area contributed by atoms with Gasteiger partial charge in [0.05, 0.1) is 32.8 Å². The Morgan fingerprint density at radius 1 is 1.17 bits per heavy atom. The van der Waals surface area contributed by atoms with E-state index in [1.165, 1.54) is 27.5 Å². The number of hydrogen-bond donors (Lipinski definition) is 1. The minimum absolute atomic E-state index is 0.0577. The predicted octanol–water partition coefficient (Wildman–Crippen LogP) is 3.54. The molecule has 3 rings (SSSR count). The van der Waals surface area contributed by atoms with Crippen molar-refractivity contribution in [3.05, 3.63) is 35.6 Å². The fourth-order valence-corrected chi connectivity index (χ4v) is 3.11. The third-order valence-electron chi connectivity index (χ3n) is 3.68. The first-order valence-corrected chi connectivity index (χ1v) is 9.59. The van der Waals surface area contributed by atoms with Crippen LogP contribution in [0.5, 0.6) is 17.2 Å². The Bertz CT molecular complexity index is 988. The summed E-state index contributed by atoms with van der Waals surface area (Å²) < 4.78 is 21.6. The zero-order valence-electron chi connectivity index (χ0n) is 15.8. The van der Waals surface area contributed by atoms with E-state index in [4.69, 9.17) is 30.2 Å². The molecule has 29 heavy (non-hydrogen) atoms. The van der Waals surface area contributed by atoms with E-state index < -0.39 is 0 Å². The fourth-order valence-electron chi connectivity index (χ4n) is 2.38. The number of rotatable bonds is 8. The maximum Gasteiger partial charge on any atom is 0.277 e. The summed E-state index contributed by atoms with van der Waals surface area (Å²) in [5, 5.41) is 11.1. The molecule has 1 amide bonds. The number of carbonyl (C=O) groups excluding carboxylic acids is 1. The summed E-state index contributed by atoms with van der Waals surface area (Å²) in [7, 11) is 4.55. The molecule has 0 spiro atoms. The summed E-state index contributed by atoms with van der Waals surface area (Å²) in [4.78, 5) is 16.0. The smallest absolute Gasteiger partial charge is 0.277 e. The minimum atomic E-state index is -0.280. The summed E-state index contributed by atoms with van der Waals surface area (Å²) in [5.41, 5.74) is 1.02. The number of amides is 1. The number of nitrogens with zero attached hydrogens (tertiary/aromatic N) is 3. The molecular formula is C18H17ClN4O5S. The van der Waals surface area contributed by atoms with E-state index in [1.807, 2.05) is 0 Å². The van der Waals surface area contributed by atoms with Gasteiger partial charge in [0, 0.05) is 11.8 Å². The van der Waals surface area contributed by atoms with Crippen LogP contribution in [0.3, 0.4) is 0 Å². The zero-order chi connectivity index (χ0) is 20.8. The molecule has 0 saturated heterocycles. The quantitative estimate of drug-likeness (QED) is 0.418. The van der Waals surface area contributed by atoms with Crippen LogP contribution < -0.4 is 19.5 Å². The number of halogens is 1. The van der Waals surface area contributed by atoms with E-state index >= 15 is 0 Å². The lowest BCUT2D eigenvalue weighted by atomic mass is 10.2. The Morgan fingerprint density at radius 2 is 1.90 bits per heavy atom. The lowest BCUT2D eigenvalue weighted by Crippen LogP contribution is -2.14. The number of ether oxygens (including phenoxy) is 3. The molecule has 2 heterocycles. The lowest BCUT2D eigenvalue weighted by Gasteiger charge is -2.12. The number of anilines is 1. The second-order valence-electron chi connectivity index (χ2n) is 5.47. The van der Waals surface area contributed by atoms with Crippen LogP contribution >= 0.6 is 23.4 Å². The van der Waals surface area contributed by atoms with E-state index in [0.717, 1.165) is 11.8 Å². The van der Waals surface area contributed by atoms with Gasteiger partial charge in [-0.2, -0.15) is 0 Å². The van der Waals surface area contributed by atoms with Gasteiger partial charge >= 0.3 is 0 Å². The first-order chi connectivity index (χ1) is 14.0. The van der Waals surface area contributed by atoms with Gasteiger partial charge in [0.1, 0.15) is 0 Å². The molecule has 0 atom stereocenters. The molecule has 0 saturated carbocycles. The molecule has 1 aromatic carbocycles. The second-order valence-corrected chi connectivity index (χ2v) is 6.75. The maximum atomic E-state index is 12.1. The first kappa shape index (κ1) is 20.7. The van der Waals surface area contributed by atoms with Crippen LogP contribution in [0.1, 0.15) is 0 Å². The molecule has 3 aromatic rings. The van der Waals surface area contributed by atoms with Gasteiger partial charge in [0.2, 0.25) is 17.5 Å². The van der Waals surface area contributed by atoms with Gasteiger partial charge in [0.15, 0.2) is 16.7 Å². The van der Waals surface area contributed by atoms with Crippen molar-refractivity contribution >= 4 is 35.0 Å². The van der Waals surface area contributed by atoms with Crippen LogP contribution in [-0.2, 0) is 4.79 Å². The number of carbonyl (C=O) groups is 1. The van der Waals surface area contributed by atoms with Gasteiger partial charge in [-0.1, -0.05) is 23.4 Å². The average Bonchev–Trinajstić information content (AvgIpc) is 3.22. The molecule has 0 radical (unpaired) electrons. The highest BCUT2D eigenvalue weighted by molar-refractivity contribution is 7.99. The molecule has 0 fully saturated rings. The molecule has 2 aromatic heterocycles. The number of thioether (sulfide) groups is 1. The molecule has 0 bridgehead atoms. The number of benzene rings is 1. The predicted molar refractivity (Wildman–Crippen MR) is 108 cm³/mol. The molecule has 11 heteroatoms. The molecule has 0 aliphatic rings. The summed E-state index contributed by atoms with van der Waals surface area (Å²) in [6.45, 7) is 0. The van der Waals surface area contributed by atoms with Gasteiger partial charge in [-0.15, -0.1) is 10.2 Å². The molecule has 0 aliphatic carbocycles.